The van der Waals surface area contributed by atoms with Gasteiger partial charge in [0, 0.05) is 0 Å². The summed E-state index contributed by atoms with van der Waals surface area (Å²) in [5, 5.41) is 8.88. The van der Waals surface area contributed by atoms with Gasteiger partial charge in [0.25, 0.3) is 0 Å². The summed E-state index contributed by atoms with van der Waals surface area (Å²) < 4.78 is 23.7. The van der Waals surface area contributed by atoms with Gasteiger partial charge in [-0.3, -0.25) is 0 Å². The van der Waals surface area contributed by atoms with Crippen LogP contribution in [0.2, 0.25) is 0 Å². The van der Waals surface area contributed by atoms with E-state index in [0.717, 1.165) is 0 Å². The fourth-order valence-corrected chi connectivity index (χ4v) is 1.91. The van der Waals surface area contributed by atoms with Gasteiger partial charge in [-0.1, -0.05) is 0 Å². The average Bonchev–Trinajstić information content (AvgIpc) is 2.45. The smallest absolute Gasteiger partial charge is 0.224 e. The minimum atomic E-state index is -3.79. The zero-order chi connectivity index (χ0) is 11.2. The largest absolute Gasteiger partial charge is 0.243 e. The molecule has 0 amide bonds. The van der Waals surface area contributed by atoms with Crippen molar-refractivity contribution in [1.29, 1.82) is 0 Å². The first-order valence-corrected chi connectivity index (χ1v) is 5.66. The van der Waals surface area contributed by atoms with Gasteiger partial charge in [0.2, 0.25) is 10.0 Å². The second kappa shape index (κ2) is 2.97. The second-order valence-corrected chi connectivity index (χ2v) is 4.64. The van der Waals surface area contributed by atoms with Gasteiger partial charge in [-0.15, -0.1) is 0 Å². The van der Waals surface area contributed by atoms with Gasteiger partial charge < -0.3 is 0 Å². The molecule has 8 heteroatoms. The van der Waals surface area contributed by atoms with Gasteiger partial charge in [-0.2, -0.15) is 9.61 Å². The van der Waals surface area contributed by atoms with Crippen molar-refractivity contribution >= 4 is 15.7 Å². The van der Waals surface area contributed by atoms with Gasteiger partial charge in [0.15, 0.2) is 5.65 Å². The van der Waals surface area contributed by atoms with Gasteiger partial charge in [-0.25, -0.2) is 23.5 Å². The highest BCUT2D eigenvalue weighted by Crippen LogP contribution is 2.13. The standard InChI is InChI=1S/C7H9N5O2S/c1-4-10-5(2)12-7(11-4)6(3-9-12)15(8,13)14/h3H,1-2H3,(H2,8,13,14). The predicted octanol–water partition coefficient (Wildman–Crippen LogP) is -0.611. The number of rotatable bonds is 1. The Balaban J connectivity index is 2.92. The van der Waals surface area contributed by atoms with Gasteiger partial charge >= 0.3 is 0 Å². The third kappa shape index (κ3) is 1.57. The van der Waals surface area contributed by atoms with E-state index in [4.69, 9.17) is 5.14 Å². The molecule has 0 fully saturated rings. The van der Waals surface area contributed by atoms with Crippen molar-refractivity contribution in [1.82, 2.24) is 19.6 Å². The maximum Gasteiger partial charge on any atom is 0.243 e. The van der Waals surface area contributed by atoms with E-state index in [1.807, 2.05) is 0 Å². The lowest BCUT2D eigenvalue weighted by Gasteiger charge is -1.99. The topological polar surface area (TPSA) is 103 Å². The van der Waals surface area contributed by atoms with Crippen molar-refractivity contribution in [3.63, 3.8) is 0 Å². The highest BCUT2D eigenvalue weighted by atomic mass is 32.2. The normalized spacial score (nSPS) is 12.2. The highest BCUT2D eigenvalue weighted by molar-refractivity contribution is 7.89. The third-order valence-corrected chi connectivity index (χ3v) is 2.82. The van der Waals surface area contributed by atoms with Gasteiger partial charge in [0.1, 0.15) is 16.5 Å². The van der Waals surface area contributed by atoms with Crippen LogP contribution < -0.4 is 5.14 Å². The van der Waals surface area contributed by atoms with Crippen molar-refractivity contribution in [2.24, 2.45) is 5.14 Å². The van der Waals surface area contributed by atoms with Crippen LogP contribution in [0.5, 0.6) is 0 Å². The summed E-state index contributed by atoms with van der Waals surface area (Å²) in [6, 6.07) is 0. The first-order valence-electron chi connectivity index (χ1n) is 4.11. The molecular formula is C7H9N5O2S. The first-order chi connectivity index (χ1) is 6.89. The Morgan fingerprint density at radius 1 is 1.33 bits per heavy atom. The van der Waals surface area contributed by atoms with Crippen LogP contribution in [0.15, 0.2) is 11.1 Å². The van der Waals surface area contributed by atoms with Crippen molar-refractivity contribution in [2.45, 2.75) is 18.7 Å². The molecule has 80 valence electrons. The number of aryl methyl sites for hydroxylation is 2. The van der Waals surface area contributed by atoms with E-state index in [-0.39, 0.29) is 10.5 Å². The Morgan fingerprint density at radius 3 is 2.60 bits per heavy atom. The molecule has 0 radical (unpaired) electrons. The van der Waals surface area contributed by atoms with Gasteiger partial charge in [0.05, 0.1) is 6.20 Å². The van der Waals surface area contributed by atoms with Crippen LogP contribution in [0.1, 0.15) is 11.6 Å². The zero-order valence-corrected chi connectivity index (χ0v) is 8.98. The maximum absolute atomic E-state index is 11.2. The molecule has 0 unspecified atom stereocenters. The average molecular weight is 227 g/mol. The number of sulfonamides is 1. The predicted molar refractivity (Wildman–Crippen MR) is 51.6 cm³/mol. The molecular weight excluding hydrogens is 218 g/mol. The molecule has 0 saturated heterocycles. The quantitative estimate of drug-likeness (QED) is 0.699. The van der Waals surface area contributed by atoms with E-state index < -0.39 is 10.0 Å². The van der Waals surface area contributed by atoms with Crippen molar-refractivity contribution in [2.75, 3.05) is 0 Å². The minimum absolute atomic E-state index is 0.0869. The minimum Gasteiger partial charge on any atom is -0.224 e. The Bertz CT molecular complexity index is 630. The number of nitrogens with zero attached hydrogens (tertiary/aromatic N) is 4. The number of nitrogens with two attached hydrogens (primary N) is 1. The molecule has 2 heterocycles. The molecule has 7 nitrogen and oxygen atoms in total. The van der Waals surface area contributed by atoms with E-state index >= 15 is 0 Å². The molecule has 0 saturated carbocycles. The summed E-state index contributed by atoms with van der Waals surface area (Å²) in [7, 11) is -3.79. The molecule has 2 aromatic rings. The van der Waals surface area contributed by atoms with E-state index in [1.54, 1.807) is 13.8 Å². The summed E-state index contributed by atoms with van der Waals surface area (Å²) in [6.45, 7) is 3.38. The molecule has 0 aromatic carbocycles. The third-order valence-electron chi connectivity index (χ3n) is 1.92. The monoisotopic (exact) mass is 227 g/mol. The molecule has 0 atom stereocenters. The van der Waals surface area contributed by atoms with E-state index in [9.17, 15) is 8.42 Å². The Labute approximate surface area is 86.0 Å². The van der Waals surface area contributed by atoms with Crippen molar-refractivity contribution < 1.29 is 8.42 Å². The fourth-order valence-electron chi connectivity index (χ4n) is 1.33. The van der Waals surface area contributed by atoms with Crippen molar-refractivity contribution in [3.8, 4) is 0 Å². The SMILES string of the molecule is Cc1nc(C)n2ncc(S(N)(=O)=O)c2n1. The molecule has 2 N–H and O–H groups in total. The molecule has 0 aliphatic rings. The lowest BCUT2D eigenvalue weighted by atomic mass is 10.6. The molecule has 15 heavy (non-hydrogen) atoms. The molecule has 2 aromatic heterocycles. The lowest BCUT2D eigenvalue weighted by Crippen LogP contribution is -2.13. The van der Waals surface area contributed by atoms with Crippen LogP contribution >= 0.6 is 0 Å². The zero-order valence-electron chi connectivity index (χ0n) is 8.17. The van der Waals surface area contributed by atoms with Crippen LogP contribution in [0.4, 0.5) is 0 Å². The molecule has 0 aliphatic carbocycles. The summed E-state index contributed by atoms with van der Waals surface area (Å²) in [5.41, 5.74) is 0.211. The van der Waals surface area contributed by atoms with E-state index in [0.29, 0.717) is 11.6 Å². The van der Waals surface area contributed by atoms with Gasteiger partial charge in [-0.05, 0) is 13.8 Å². The van der Waals surface area contributed by atoms with Crippen LogP contribution in [0.3, 0.4) is 0 Å². The summed E-state index contributed by atoms with van der Waals surface area (Å²) in [5.74, 6) is 1.04. The molecule has 0 aliphatic heterocycles. The van der Waals surface area contributed by atoms with Crippen LogP contribution in [-0.4, -0.2) is 28.0 Å². The van der Waals surface area contributed by atoms with E-state index in [1.165, 1.54) is 10.7 Å². The molecule has 0 spiro atoms. The van der Waals surface area contributed by atoms with Crippen molar-refractivity contribution in [3.05, 3.63) is 17.8 Å². The fraction of sp³-hybridized carbons (Fsp3) is 0.286. The van der Waals surface area contributed by atoms with Crippen LogP contribution in [0, 0.1) is 13.8 Å². The van der Waals surface area contributed by atoms with Crippen LogP contribution in [0.25, 0.3) is 5.65 Å². The lowest BCUT2D eigenvalue weighted by molar-refractivity contribution is 0.598. The Hall–Kier alpha value is -1.54. The van der Waals surface area contributed by atoms with E-state index in [2.05, 4.69) is 15.1 Å². The Morgan fingerprint density at radius 2 is 2.00 bits per heavy atom. The first kappa shape index (κ1) is 9.99. The Kier molecular flexibility index (Phi) is 1.98. The molecule has 2 rings (SSSR count). The van der Waals surface area contributed by atoms with Crippen LogP contribution in [-0.2, 0) is 10.0 Å². The maximum atomic E-state index is 11.2. The number of fused-ring (bicyclic) bond motifs is 1. The molecule has 0 bridgehead atoms. The number of primary sulfonamides is 1. The summed E-state index contributed by atoms with van der Waals surface area (Å²) in [4.78, 5) is 7.96. The number of hydrogen-bond donors (Lipinski definition) is 1. The summed E-state index contributed by atoms with van der Waals surface area (Å²) >= 11 is 0. The number of aromatic nitrogens is 4. The number of hydrogen-bond acceptors (Lipinski definition) is 5. The second-order valence-electron chi connectivity index (χ2n) is 3.11. The highest BCUT2D eigenvalue weighted by Gasteiger charge is 2.17. The summed E-state index contributed by atoms with van der Waals surface area (Å²) in [6.07, 6.45) is 1.17.